The normalized spacial score (nSPS) is 18.3. The second-order valence-electron chi connectivity index (χ2n) is 11.6. The van der Waals surface area contributed by atoms with E-state index < -0.39 is 86.7 Å². The molecule has 0 bridgehead atoms. The number of thiazole rings is 1. The summed E-state index contributed by atoms with van der Waals surface area (Å²) >= 11 is 0.619. The molecule has 0 saturated carbocycles. The summed E-state index contributed by atoms with van der Waals surface area (Å²) in [6.07, 6.45) is -10.2. The number of nitrogens with one attached hydrogen (secondary N) is 1. The smallest absolute Gasteiger partial charge is 0.404 e. The van der Waals surface area contributed by atoms with Gasteiger partial charge in [-0.2, -0.15) is 22.9 Å². The number of likely N-dealkylation sites (tertiary alicyclic amines) is 1. The quantitative estimate of drug-likeness (QED) is 0.203. The summed E-state index contributed by atoms with van der Waals surface area (Å²) in [4.78, 5) is 19.6. The first-order chi connectivity index (χ1) is 21.6. The highest BCUT2D eigenvalue weighted by atomic mass is 32.2. The number of carboxylic acid groups (broad SMARTS) is 1. The number of hydrogen-bond acceptors (Lipinski definition) is 9. The van der Waals surface area contributed by atoms with Crippen molar-refractivity contribution in [2.75, 3.05) is 6.54 Å². The van der Waals surface area contributed by atoms with E-state index in [9.17, 15) is 49.1 Å². The first kappa shape index (κ1) is 36.6. The van der Waals surface area contributed by atoms with E-state index in [-0.39, 0.29) is 46.8 Å². The number of carbonyl (C=O) groups is 1. The fraction of sp³-hybridized carbons (Fsp3) is 0.556. The Bertz CT molecular complexity index is 1740. The summed E-state index contributed by atoms with van der Waals surface area (Å²) in [5.74, 6) is -6.61. The third-order valence-corrected chi connectivity index (χ3v) is 10.4. The van der Waals surface area contributed by atoms with Gasteiger partial charge in [0.2, 0.25) is 21.7 Å². The van der Waals surface area contributed by atoms with Gasteiger partial charge in [-0.05, 0) is 33.3 Å². The van der Waals surface area contributed by atoms with Crippen LogP contribution in [0.4, 0.5) is 35.1 Å². The lowest BCUT2D eigenvalue weighted by Gasteiger charge is -2.24. The molecule has 2 N–H and O–H groups in total. The Kier molecular flexibility index (Phi) is 10.1. The summed E-state index contributed by atoms with van der Waals surface area (Å²) in [5.41, 5.74) is -3.49. The summed E-state index contributed by atoms with van der Waals surface area (Å²) in [5, 5.41) is 13.1. The molecule has 3 heterocycles. The molecule has 47 heavy (non-hydrogen) atoms. The van der Waals surface area contributed by atoms with Gasteiger partial charge in [-0.3, -0.25) is 9.69 Å². The maximum Gasteiger partial charge on any atom is 0.404 e. The molecule has 20 heteroatoms. The van der Waals surface area contributed by atoms with Crippen molar-refractivity contribution in [3.05, 3.63) is 35.1 Å². The fourth-order valence-corrected chi connectivity index (χ4v) is 7.26. The van der Waals surface area contributed by atoms with Crippen molar-refractivity contribution in [1.29, 1.82) is 0 Å². The van der Waals surface area contributed by atoms with E-state index in [1.54, 1.807) is 0 Å². The third kappa shape index (κ3) is 7.59. The molecule has 2 aromatic heterocycles. The van der Waals surface area contributed by atoms with Crippen LogP contribution in [-0.4, -0.2) is 70.2 Å². The number of alkyl halides is 7. The van der Waals surface area contributed by atoms with E-state index in [0.29, 0.717) is 17.4 Å². The predicted molar refractivity (Wildman–Crippen MR) is 151 cm³/mol. The van der Waals surface area contributed by atoms with E-state index in [1.807, 2.05) is 0 Å². The zero-order chi connectivity index (χ0) is 35.3. The van der Waals surface area contributed by atoms with E-state index in [1.165, 1.54) is 30.4 Å². The number of nitrogens with zero attached hydrogens (tertiary/aromatic N) is 4. The fourth-order valence-electron chi connectivity index (χ4n) is 4.83. The Balaban J connectivity index is 1.84. The molecule has 2 atom stereocenters. The minimum Gasteiger partial charge on any atom is -0.481 e. The first-order valence-electron chi connectivity index (χ1n) is 14.0. The van der Waals surface area contributed by atoms with Crippen LogP contribution in [-0.2, 0) is 27.8 Å². The Morgan fingerprint density at radius 1 is 1.23 bits per heavy atom. The number of aliphatic carboxylic acids is 1. The van der Waals surface area contributed by atoms with Gasteiger partial charge < -0.3 is 9.63 Å². The van der Waals surface area contributed by atoms with Crippen molar-refractivity contribution in [3.8, 4) is 21.3 Å². The molecule has 1 aliphatic heterocycles. The highest BCUT2D eigenvalue weighted by Gasteiger charge is 2.46. The van der Waals surface area contributed by atoms with E-state index in [4.69, 9.17) is 4.52 Å². The summed E-state index contributed by atoms with van der Waals surface area (Å²) < 4.78 is 145. The van der Waals surface area contributed by atoms with Gasteiger partial charge >= 0.3 is 12.1 Å². The van der Waals surface area contributed by atoms with Gasteiger partial charge in [-0.15, -0.1) is 11.3 Å². The van der Waals surface area contributed by atoms with Crippen molar-refractivity contribution in [2.24, 2.45) is 5.41 Å². The highest BCUT2D eigenvalue weighted by molar-refractivity contribution is 7.89. The van der Waals surface area contributed by atoms with Crippen LogP contribution < -0.4 is 4.72 Å². The molecule has 1 saturated heterocycles. The molecule has 0 amide bonds. The number of halogens is 8. The zero-order valence-corrected chi connectivity index (χ0v) is 26.8. The molecule has 1 aliphatic rings. The maximum atomic E-state index is 15.7. The second kappa shape index (κ2) is 13.0. The highest BCUT2D eigenvalue weighted by Crippen LogP contribution is 2.44. The van der Waals surface area contributed by atoms with Gasteiger partial charge in [0, 0.05) is 31.5 Å². The number of benzene rings is 1. The van der Waals surface area contributed by atoms with Crippen LogP contribution in [0.2, 0.25) is 0 Å². The lowest BCUT2D eigenvalue weighted by atomic mass is 9.90. The molecule has 10 nitrogen and oxygen atoms in total. The molecular formula is C27H29F8N5O5S2. The number of hydrogen-bond donors (Lipinski definition) is 2. The number of sulfonamides is 1. The van der Waals surface area contributed by atoms with Crippen LogP contribution in [0.25, 0.3) is 21.3 Å². The Labute approximate surface area is 267 Å². The topological polar surface area (TPSA) is 139 Å². The summed E-state index contributed by atoms with van der Waals surface area (Å²) in [6, 6.07) is -2.63. The van der Waals surface area contributed by atoms with Gasteiger partial charge in [0.05, 0.1) is 27.6 Å². The number of aromatic nitrogens is 3. The lowest BCUT2D eigenvalue weighted by molar-refractivity contribution is -0.151. The van der Waals surface area contributed by atoms with Crippen LogP contribution in [0.15, 0.2) is 21.6 Å². The first-order valence-corrected chi connectivity index (χ1v) is 16.3. The van der Waals surface area contributed by atoms with Gasteiger partial charge in [-0.1, -0.05) is 18.1 Å². The van der Waals surface area contributed by atoms with E-state index in [2.05, 4.69) is 15.1 Å². The maximum absolute atomic E-state index is 15.7. The van der Waals surface area contributed by atoms with Crippen LogP contribution in [0, 0.1) is 11.2 Å². The van der Waals surface area contributed by atoms with Crippen molar-refractivity contribution in [2.45, 2.75) is 89.0 Å². The lowest BCUT2D eigenvalue weighted by Crippen LogP contribution is -2.45. The third-order valence-electron chi connectivity index (χ3n) is 7.77. The second-order valence-corrected chi connectivity index (χ2v) is 14.3. The van der Waals surface area contributed by atoms with Crippen molar-refractivity contribution in [3.63, 3.8) is 0 Å². The van der Waals surface area contributed by atoms with Gasteiger partial charge in [0.1, 0.15) is 10.9 Å². The molecule has 260 valence electrons. The Morgan fingerprint density at radius 2 is 1.89 bits per heavy atom. The molecule has 1 aromatic carbocycles. The van der Waals surface area contributed by atoms with Crippen molar-refractivity contribution < 1.29 is 58.0 Å². The molecular weight excluding hydrogens is 690 g/mol. The van der Waals surface area contributed by atoms with Crippen molar-refractivity contribution in [1.82, 2.24) is 24.7 Å². The largest absolute Gasteiger partial charge is 0.481 e. The average Bonchev–Trinajstić information content (AvgIpc) is 3.64. The predicted octanol–water partition coefficient (Wildman–Crippen LogP) is 6.44. The van der Waals surface area contributed by atoms with Gasteiger partial charge in [0.25, 0.3) is 12.3 Å². The van der Waals surface area contributed by atoms with E-state index in [0.717, 1.165) is 13.0 Å². The van der Waals surface area contributed by atoms with Gasteiger partial charge in [-0.25, -0.2) is 35.4 Å². The average molecular weight is 720 g/mol. The Morgan fingerprint density at radius 3 is 2.43 bits per heavy atom. The molecule has 2 unspecified atom stereocenters. The van der Waals surface area contributed by atoms with Crippen molar-refractivity contribution >= 4 is 27.3 Å². The molecule has 0 aliphatic carbocycles. The number of rotatable bonds is 12. The van der Waals surface area contributed by atoms with Crippen LogP contribution in [0.3, 0.4) is 0 Å². The van der Waals surface area contributed by atoms with E-state index >= 15 is 4.39 Å². The standard InChI is InChI=1S/C27H29F8N5O5S2/c1-5-16(27(33,34)35)39-47(43,44)15-7-6-13(18(19(15)28)21(29)30)20-14(11-40-9-8-26(31,32)12(40)2)36-23(46-20)22-37-17(45-38-22)10-25(3,4)24(41)42/h6-7,12,16,21,39H,5,8-11H2,1-4H3,(H,41,42). The van der Waals surface area contributed by atoms with Gasteiger partial charge in [0.15, 0.2) is 10.8 Å². The SMILES string of the molecule is CCC(NS(=O)(=O)c1ccc(-c2sc(-c3noc(CC(C)(C)C(=O)O)n3)nc2CN2CCC(F)(F)C2C)c(C(F)F)c1F)C(F)(F)F. The Hall–Kier alpha value is -3.23. The summed E-state index contributed by atoms with van der Waals surface area (Å²) in [6.45, 7) is 4.60. The van der Waals surface area contributed by atoms with Crippen LogP contribution in [0.1, 0.15) is 64.1 Å². The monoisotopic (exact) mass is 719 g/mol. The number of carboxylic acids is 1. The van der Waals surface area contributed by atoms with Crippen LogP contribution in [0.5, 0.6) is 0 Å². The molecule has 3 aromatic rings. The summed E-state index contributed by atoms with van der Waals surface area (Å²) in [7, 11) is -5.30. The molecule has 1 fully saturated rings. The van der Waals surface area contributed by atoms with Crippen LogP contribution >= 0.6 is 11.3 Å². The minimum absolute atomic E-state index is 0.105. The zero-order valence-electron chi connectivity index (χ0n) is 25.1. The molecule has 0 radical (unpaired) electrons. The molecule has 0 spiro atoms. The minimum atomic E-state index is -5.30. The molecule has 4 rings (SSSR count).